The number of esters is 1. The molecule has 1 spiro atoms. The van der Waals surface area contributed by atoms with E-state index in [1.807, 2.05) is 18.3 Å². The predicted molar refractivity (Wildman–Crippen MR) is 253 cm³/mol. The van der Waals surface area contributed by atoms with Gasteiger partial charge in [-0.05, 0) is 107 Å². The van der Waals surface area contributed by atoms with Crippen LogP contribution in [0.4, 0.5) is 0 Å². The number of nitrogens with one attached hydrogen (secondary N) is 2. The molecule has 16 heteroatoms. The van der Waals surface area contributed by atoms with Crippen LogP contribution in [0.5, 0.6) is 0 Å². The van der Waals surface area contributed by atoms with Gasteiger partial charge in [0.15, 0.2) is 0 Å². The molecule has 2 N–H and O–H groups in total. The molecule has 5 fully saturated rings. The number of nitrogens with zero attached hydrogens (tertiary/aromatic N) is 9. The van der Waals surface area contributed by atoms with Crippen molar-refractivity contribution in [3.05, 3.63) is 83.0 Å². The van der Waals surface area contributed by atoms with Crippen molar-refractivity contribution >= 4 is 40.0 Å². The summed E-state index contributed by atoms with van der Waals surface area (Å²) in [5, 5.41) is 18.8. The van der Waals surface area contributed by atoms with Crippen molar-refractivity contribution < 1.29 is 19.1 Å². The summed E-state index contributed by atoms with van der Waals surface area (Å²) in [6.07, 6.45) is 13.3. The number of thiazole rings is 1. The zero-order valence-corrected chi connectivity index (χ0v) is 39.5. The fraction of sp³-hybridized carbons (Fsp3) is 0.529. The number of carbonyl (C=O) groups is 3. The molecule has 11 rings (SSSR count). The van der Waals surface area contributed by atoms with Gasteiger partial charge in [0.25, 0.3) is 5.91 Å². The van der Waals surface area contributed by atoms with Crippen LogP contribution >= 0.6 is 11.3 Å². The van der Waals surface area contributed by atoms with Crippen molar-refractivity contribution in [1.29, 1.82) is 5.26 Å². The number of benzene rings is 1. The Morgan fingerprint density at radius 1 is 1.04 bits per heavy atom. The Morgan fingerprint density at radius 3 is 2.66 bits per heavy atom. The lowest BCUT2D eigenvalue weighted by atomic mass is 9.84. The van der Waals surface area contributed by atoms with Crippen molar-refractivity contribution in [2.45, 2.75) is 108 Å². The highest BCUT2D eigenvalue weighted by Crippen LogP contribution is 2.54. The van der Waals surface area contributed by atoms with E-state index in [1.165, 1.54) is 17.7 Å². The van der Waals surface area contributed by atoms with Gasteiger partial charge in [0.1, 0.15) is 23.4 Å². The van der Waals surface area contributed by atoms with E-state index in [-0.39, 0.29) is 53.7 Å². The molecule has 0 unspecified atom stereocenters. The van der Waals surface area contributed by atoms with Crippen molar-refractivity contribution in [2.75, 3.05) is 39.8 Å². The van der Waals surface area contributed by atoms with Gasteiger partial charge < -0.3 is 14.6 Å². The number of hydrogen-bond acceptors (Lipinski definition) is 13. The maximum absolute atomic E-state index is 15.4. The Morgan fingerprint density at radius 2 is 1.91 bits per heavy atom. The van der Waals surface area contributed by atoms with Crippen molar-refractivity contribution in [2.24, 2.45) is 23.2 Å². The third-order valence-electron chi connectivity index (χ3n) is 15.9. The van der Waals surface area contributed by atoms with Crippen LogP contribution in [0.15, 0.2) is 66.7 Å². The summed E-state index contributed by atoms with van der Waals surface area (Å²) in [5.74, 6) is -1.36. The van der Waals surface area contributed by atoms with Crippen molar-refractivity contribution in [3.63, 3.8) is 0 Å². The van der Waals surface area contributed by atoms with Crippen LogP contribution in [-0.2, 0) is 25.5 Å². The summed E-state index contributed by atoms with van der Waals surface area (Å²) >= 11 is 1.52. The maximum atomic E-state index is 15.4. The fourth-order valence-corrected chi connectivity index (χ4v) is 13.2. The molecule has 0 radical (unpaired) electrons. The standard InChI is InChI=1S/C51H59N11O4S/c1-30-41(37-14-17-54-29-55-37)42(30)46(63)57-43-45(60-26-51(27-60)15-7-18-59(51)4)47-56-39(25-67-47)32-11-13-40-35(21-32)36(22-50(2,3)28-66-49(65)38-9-6-19-61(58-38)48(43)64)44(33-8-5-16-53-24-33)62(40)34-12-10-31(20-34)23-52/h5,8,11,13-14,16-17,21,24-25,29-31,34,38,41-43,45,58H,6-7,9-10,12,15,18-20,22,26-28H2,1-4H3,(H,57,63)/t30-,31-,34-,38-,41-,42+,43-,45-/m0/s1. The number of amides is 2. The molecule has 348 valence electrons. The number of hydrazine groups is 1. The number of cyclic esters (lactones) is 1. The molecule has 5 aromatic rings. The number of nitriles is 1. The minimum Gasteiger partial charge on any atom is -0.464 e. The number of ether oxygens (including phenoxy) is 1. The summed E-state index contributed by atoms with van der Waals surface area (Å²) in [6.45, 7) is 9.33. The molecule has 2 saturated carbocycles. The quantitative estimate of drug-likeness (QED) is 0.178. The van der Waals surface area contributed by atoms with E-state index in [9.17, 15) is 14.9 Å². The van der Waals surface area contributed by atoms with E-state index in [0.29, 0.717) is 25.8 Å². The van der Waals surface area contributed by atoms with Gasteiger partial charge in [-0.1, -0.05) is 26.8 Å². The second-order valence-electron chi connectivity index (χ2n) is 20.9. The number of likely N-dealkylation sites (tertiary alicyclic amines) is 2. The number of hydrogen-bond donors (Lipinski definition) is 2. The number of likely N-dealkylation sites (N-methyl/N-ethyl adjacent to an activating group) is 1. The third kappa shape index (κ3) is 7.91. The maximum Gasteiger partial charge on any atom is 0.324 e. The Labute approximate surface area is 395 Å². The summed E-state index contributed by atoms with van der Waals surface area (Å²) in [6, 6.07) is 12.8. The van der Waals surface area contributed by atoms with Crippen molar-refractivity contribution in [1.82, 2.24) is 50.1 Å². The van der Waals surface area contributed by atoms with Gasteiger partial charge >= 0.3 is 5.97 Å². The molecule has 8 heterocycles. The van der Waals surface area contributed by atoms with E-state index in [4.69, 9.17) is 9.72 Å². The van der Waals surface area contributed by atoms with Crippen LogP contribution in [-0.4, -0.2) is 115 Å². The second-order valence-corrected chi connectivity index (χ2v) is 21.8. The average molecular weight is 922 g/mol. The lowest BCUT2D eigenvalue weighted by Gasteiger charge is -2.55. The molecule has 6 aliphatic rings. The highest BCUT2D eigenvalue weighted by molar-refractivity contribution is 7.10. The fourth-order valence-electron chi connectivity index (χ4n) is 12.2. The summed E-state index contributed by atoms with van der Waals surface area (Å²) in [7, 11) is 2.19. The van der Waals surface area contributed by atoms with Crippen LogP contribution in [0.3, 0.4) is 0 Å². The first-order chi connectivity index (χ1) is 32.4. The molecule has 15 nitrogen and oxygen atoms in total. The van der Waals surface area contributed by atoms with E-state index >= 15 is 4.79 Å². The molecule has 4 aliphatic heterocycles. The molecule has 67 heavy (non-hydrogen) atoms. The van der Waals surface area contributed by atoms with Crippen LogP contribution in [0.25, 0.3) is 33.4 Å². The number of rotatable bonds is 6. The third-order valence-corrected chi connectivity index (χ3v) is 16.8. The molecule has 3 saturated heterocycles. The molecular formula is C51H59N11O4S. The van der Waals surface area contributed by atoms with Crippen LogP contribution < -0.4 is 10.7 Å². The average Bonchev–Trinajstić information content (AvgIpc) is 3.87. The Balaban J connectivity index is 1.05. The van der Waals surface area contributed by atoms with Gasteiger partial charge in [-0.3, -0.25) is 34.2 Å². The minimum absolute atomic E-state index is 0.00796. The number of carbonyl (C=O) groups excluding carboxylic acids is 3. The zero-order valence-electron chi connectivity index (χ0n) is 38.7. The summed E-state index contributed by atoms with van der Waals surface area (Å²) < 4.78 is 8.68. The minimum atomic E-state index is -1.01. The normalized spacial score (nSPS) is 29.6. The second kappa shape index (κ2) is 17.2. The molecule has 2 aliphatic carbocycles. The van der Waals surface area contributed by atoms with Crippen molar-refractivity contribution in [3.8, 4) is 28.6 Å². The van der Waals surface area contributed by atoms with Gasteiger partial charge in [0.05, 0.1) is 30.1 Å². The Hall–Kier alpha value is -5.60. The van der Waals surface area contributed by atoms with E-state index < -0.39 is 29.5 Å². The smallest absolute Gasteiger partial charge is 0.324 e. The number of fused-ring (bicyclic) bond motifs is 6. The highest BCUT2D eigenvalue weighted by Gasteiger charge is 2.57. The van der Waals surface area contributed by atoms with Gasteiger partial charge in [-0.15, -0.1) is 11.3 Å². The van der Waals surface area contributed by atoms with E-state index in [2.05, 4.69) is 104 Å². The topological polar surface area (TPSA) is 174 Å². The number of aromatic nitrogens is 5. The predicted octanol–water partition coefficient (Wildman–Crippen LogP) is 6.46. The van der Waals surface area contributed by atoms with Crippen LogP contribution in [0.1, 0.15) is 100.0 Å². The Kier molecular flexibility index (Phi) is 11.3. The Bertz CT molecular complexity index is 2750. The first-order valence-corrected chi connectivity index (χ1v) is 25.0. The molecule has 8 atom stereocenters. The first-order valence-electron chi connectivity index (χ1n) is 24.1. The lowest BCUT2D eigenvalue weighted by molar-refractivity contribution is -0.156. The van der Waals surface area contributed by atoms with Gasteiger partial charge in [-0.2, -0.15) is 5.26 Å². The monoisotopic (exact) mass is 921 g/mol. The van der Waals surface area contributed by atoms with E-state index in [1.54, 1.807) is 17.4 Å². The first kappa shape index (κ1) is 43.9. The molecule has 6 bridgehead atoms. The molecule has 2 amide bonds. The highest BCUT2D eigenvalue weighted by atomic mass is 32.1. The van der Waals surface area contributed by atoms with Crippen LogP contribution in [0, 0.1) is 34.5 Å². The zero-order chi connectivity index (χ0) is 46.2. The summed E-state index contributed by atoms with van der Waals surface area (Å²) in [4.78, 5) is 67.5. The molecule has 1 aromatic carbocycles. The van der Waals surface area contributed by atoms with E-state index in [0.717, 1.165) is 101 Å². The van der Waals surface area contributed by atoms with Crippen LogP contribution in [0.2, 0.25) is 0 Å². The SMILES string of the molecule is C[C@@H]1[C@@H](C(=O)N[C@@H]2C(=O)N3CCC[C@H](N3)C(=O)OCC(C)(C)Cc3c(-c4cccnc4)n([C@H]4CC[C@H](C#N)C4)c4ccc(cc34)-c3csc(n3)[C@H]2N2CC3(CCCN3C)C2)[C@@H]1c1ccncn1. The lowest BCUT2D eigenvalue weighted by Crippen LogP contribution is -2.70. The molecular weight excluding hydrogens is 863 g/mol. The van der Waals surface area contributed by atoms with Gasteiger partial charge in [-0.25, -0.2) is 20.4 Å². The largest absolute Gasteiger partial charge is 0.464 e. The van der Waals surface area contributed by atoms with Gasteiger partial charge in [0, 0.05) is 106 Å². The summed E-state index contributed by atoms with van der Waals surface area (Å²) in [5.41, 5.74) is 9.63. The molecule has 4 aromatic heterocycles. The van der Waals surface area contributed by atoms with Gasteiger partial charge in [0.2, 0.25) is 5.91 Å². The number of pyridine rings is 1.